The van der Waals surface area contributed by atoms with Gasteiger partial charge in [0, 0.05) is 11.6 Å². The summed E-state index contributed by atoms with van der Waals surface area (Å²) in [6, 6.07) is 11.2. The van der Waals surface area contributed by atoms with Gasteiger partial charge >= 0.3 is 0 Å². The van der Waals surface area contributed by atoms with Crippen LogP contribution in [0.1, 0.15) is 5.56 Å². The van der Waals surface area contributed by atoms with Gasteiger partial charge in [0.05, 0.1) is 14.2 Å². The third-order valence-electron chi connectivity index (χ3n) is 2.90. The highest BCUT2D eigenvalue weighted by Gasteiger charge is 2.09. The number of benzene rings is 2. The van der Waals surface area contributed by atoms with Crippen LogP contribution in [0.5, 0.6) is 17.2 Å². The van der Waals surface area contributed by atoms with Gasteiger partial charge in [-0.2, -0.15) is 0 Å². The zero-order chi connectivity index (χ0) is 13.1. The topological polar surface area (TPSA) is 38.7 Å². The highest BCUT2D eigenvalue weighted by Crippen LogP contribution is 2.35. The van der Waals surface area contributed by atoms with Gasteiger partial charge in [0.15, 0.2) is 0 Å². The van der Waals surface area contributed by atoms with Crippen LogP contribution in [-0.2, 0) is 0 Å². The third-order valence-corrected chi connectivity index (χ3v) is 2.90. The van der Waals surface area contributed by atoms with Gasteiger partial charge in [0.1, 0.15) is 17.2 Å². The maximum absolute atomic E-state index is 10.1. The fraction of sp³-hybridized carbons (Fsp3) is 0.200. The molecular weight excluding hydrogens is 228 g/mol. The van der Waals surface area contributed by atoms with Gasteiger partial charge in [-0.3, -0.25) is 0 Å². The largest absolute Gasteiger partial charge is 0.507 e. The van der Waals surface area contributed by atoms with Gasteiger partial charge in [-0.25, -0.2) is 0 Å². The molecule has 0 bridgehead atoms. The van der Waals surface area contributed by atoms with Crippen LogP contribution < -0.4 is 9.47 Å². The lowest BCUT2D eigenvalue weighted by atomic mass is 10.0. The second-order valence-electron chi connectivity index (χ2n) is 4.07. The van der Waals surface area contributed by atoms with Crippen molar-refractivity contribution < 1.29 is 14.6 Å². The Labute approximate surface area is 107 Å². The van der Waals surface area contributed by atoms with Gasteiger partial charge in [-0.1, -0.05) is 18.2 Å². The smallest absolute Gasteiger partial charge is 0.126 e. The Morgan fingerprint density at radius 1 is 0.944 bits per heavy atom. The quantitative estimate of drug-likeness (QED) is 0.899. The first-order valence-electron chi connectivity index (χ1n) is 5.67. The van der Waals surface area contributed by atoms with E-state index in [1.54, 1.807) is 20.3 Å². The van der Waals surface area contributed by atoms with Crippen molar-refractivity contribution in [2.75, 3.05) is 14.2 Å². The molecule has 1 N–H and O–H groups in total. The molecule has 0 heterocycles. The lowest BCUT2D eigenvalue weighted by Gasteiger charge is -2.11. The second-order valence-corrected chi connectivity index (χ2v) is 4.07. The lowest BCUT2D eigenvalue weighted by Crippen LogP contribution is -1.89. The highest BCUT2D eigenvalue weighted by molar-refractivity contribution is 5.74. The SMILES string of the molecule is COc1cc(OC)cc(-c2cccc(C)c2O)c1. The van der Waals surface area contributed by atoms with E-state index in [4.69, 9.17) is 9.47 Å². The monoisotopic (exact) mass is 244 g/mol. The molecule has 18 heavy (non-hydrogen) atoms. The average Bonchev–Trinajstić information content (AvgIpc) is 2.41. The van der Waals surface area contributed by atoms with Gasteiger partial charge in [-0.15, -0.1) is 0 Å². The van der Waals surface area contributed by atoms with Crippen LogP contribution in [-0.4, -0.2) is 19.3 Å². The van der Waals surface area contributed by atoms with Crippen molar-refractivity contribution in [3.05, 3.63) is 42.0 Å². The number of hydrogen-bond acceptors (Lipinski definition) is 3. The molecule has 0 unspecified atom stereocenters. The van der Waals surface area contributed by atoms with Crippen LogP contribution in [0.2, 0.25) is 0 Å². The van der Waals surface area contributed by atoms with Crippen molar-refractivity contribution in [3.63, 3.8) is 0 Å². The molecule has 0 aromatic heterocycles. The molecule has 0 spiro atoms. The Kier molecular flexibility index (Phi) is 3.42. The number of methoxy groups -OCH3 is 2. The molecule has 0 aliphatic rings. The van der Waals surface area contributed by atoms with Gasteiger partial charge in [0.2, 0.25) is 0 Å². The standard InChI is InChI=1S/C15H16O3/c1-10-5-4-6-14(15(10)16)11-7-12(17-2)9-13(8-11)18-3/h4-9,16H,1-3H3. The number of phenols is 1. The number of phenolic OH excluding ortho intramolecular Hbond substituents is 1. The van der Waals surface area contributed by atoms with Crippen molar-refractivity contribution in [1.29, 1.82) is 0 Å². The Balaban J connectivity index is 2.59. The summed E-state index contributed by atoms with van der Waals surface area (Å²) in [5.74, 6) is 1.68. The Bertz CT molecular complexity index is 539. The van der Waals surface area contributed by atoms with Crippen molar-refractivity contribution in [2.24, 2.45) is 0 Å². The van der Waals surface area contributed by atoms with Gasteiger partial charge in [0.25, 0.3) is 0 Å². The molecule has 2 rings (SSSR count). The molecule has 2 aromatic carbocycles. The maximum Gasteiger partial charge on any atom is 0.126 e. The van der Waals surface area contributed by atoms with Crippen LogP contribution in [0.15, 0.2) is 36.4 Å². The molecule has 0 amide bonds. The highest BCUT2D eigenvalue weighted by atomic mass is 16.5. The van der Waals surface area contributed by atoms with Crippen molar-refractivity contribution in [1.82, 2.24) is 0 Å². The molecular formula is C15H16O3. The van der Waals surface area contributed by atoms with E-state index >= 15 is 0 Å². The molecule has 0 saturated heterocycles. The first kappa shape index (κ1) is 12.3. The van der Waals surface area contributed by atoms with Crippen LogP contribution in [0.3, 0.4) is 0 Å². The van der Waals surface area contributed by atoms with E-state index in [0.29, 0.717) is 11.5 Å². The van der Waals surface area contributed by atoms with E-state index < -0.39 is 0 Å². The van der Waals surface area contributed by atoms with E-state index in [2.05, 4.69) is 0 Å². The molecule has 3 nitrogen and oxygen atoms in total. The number of aryl methyl sites for hydroxylation is 1. The summed E-state index contributed by atoms with van der Waals surface area (Å²) in [7, 11) is 3.21. The Morgan fingerprint density at radius 2 is 1.56 bits per heavy atom. The summed E-state index contributed by atoms with van der Waals surface area (Å²) in [5.41, 5.74) is 2.48. The van der Waals surface area contributed by atoms with Gasteiger partial charge in [-0.05, 0) is 30.2 Å². The van der Waals surface area contributed by atoms with E-state index in [-0.39, 0.29) is 5.75 Å². The summed E-state index contributed by atoms with van der Waals surface area (Å²) >= 11 is 0. The fourth-order valence-electron chi connectivity index (χ4n) is 1.85. The van der Waals surface area contributed by atoms with E-state index in [1.165, 1.54) is 0 Å². The fourth-order valence-corrected chi connectivity index (χ4v) is 1.85. The maximum atomic E-state index is 10.1. The predicted molar refractivity (Wildman–Crippen MR) is 71.4 cm³/mol. The molecule has 0 saturated carbocycles. The first-order valence-corrected chi connectivity index (χ1v) is 5.67. The second kappa shape index (κ2) is 5.00. The Morgan fingerprint density at radius 3 is 2.11 bits per heavy atom. The van der Waals surface area contributed by atoms with E-state index in [1.807, 2.05) is 37.3 Å². The summed E-state index contributed by atoms with van der Waals surface area (Å²) in [4.78, 5) is 0. The minimum Gasteiger partial charge on any atom is -0.507 e. The third kappa shape index (κ3) is 2.25. The summed E-state index contributed by atoms with van der Waals surface area (Å²) in [6.45, 7) is 1.87. The van der Waals surface area contributed by atoms with Gasteiger partial charge < -0.3 is 14.6 Å². The first-order chi connectivity index (χ1) is 8.65. The molecule has 0 fully saturated rings. The molecule has 0 radical (unpaired) electrons. The van der Waals surface area contributed by atoms with Crippen LogP contribution in [0.25, 0.3) is 11.1 Å². The number of para-hydroxylation sites is 1. The van der Waals surface area contributed by atoms with E-state index in [0.717, 1.165) is 16.7 Å². The number of hydrogen-bond donors (Lipinski definition) is 1. The molecule has 3 heteroatoms. The average molecular weight is 244 g/mol. The predicted octanol–water partition coefficient (Wildman–Crippen LogP) is 3.38. The molecule has 2 aromatic rings. The number of rotatable bonds is 3. The molecule has 94 valence electrons. The van der Waals surface area contributed by atoms with Crippen LogP contribution in [0, 0.1) is 6.92 Å². The summed E-state index contributed by atoms with van der Waals surface area (Å²) in [6.07, 6.45) is 0. The van der Waals surface area contributed by atoms with E-state index in [9.17, 15) is 5.11 Å². The minimum atomic E-state index is 0.285. The number of ether oxygens (including phenoxy) is 2. The van der Waals surface area contributed by atoms with Crippen molar-refractivity contribution >= 4 is 0 Å². The zero-order valence-corrected chi connectivity index (χ0v) is 10.7. The lowest BCUT2D eigenvalue weighted by molar-refractivity contribution is 0.394. The molecule has 0 atom stereocenters. The zero-order valence-electron chi connectivity index (χ0n) is 10.7. The normalized spacial score (nSPS) is 10.2. The van der Waals surface area contributed by atoms with Crippen LogP contribution >= 0.6 is 0 Å². The number of aromatic hydroxyl groups is 1. The minimum absolute atomic E-state index is 0.285. The van der Waals surface area contributed by atoms with Crippen LogP contribution in [0.4, 0.5) is 0 Å². The molecule has 0 aliphatic carbocycles. The molecule has 0 aliphatic heterocycles. The van der Waals surface area contributed by atoms with Crippen molar-refractivity contribution in [2.45, 2.75) is 6.92 Å². The Hall–Kier alpha value is -2.16. The summed E-state index contributed by atoms with van der Waals surface area (Å²) in [5, 5.41) is 10.1. The van der Waals surface area contributed by atoms with Crippen molar-refractivity contribution in [3.8, 4) is 28.4 Å². The summed E-state index contributed by atoms with van der Waals surface area (Å²) < 4.78 is 10.5.